The number of nitrogens with zero attached hydrogens (tertiary/aromatic N) is 2. The molecule has 0 unspecified atom stereocenters. The molecule has 2 aliphatic heterocycles. The number of amides is 1. The maximum atomic E-state index is 12.8. The highest BCUT2D eigenvalue weighted by atomic mass is 16.5. The summed E-state index contributed by atoms with van der Waals surface area (Å²) in [6, 6.07) is 7.44. The minimum absolute atomic E-state index is 0.0419. The molecule has 0 bridgehead atoms. The minimum Gasteiger partial charge on any atom is -0.375 e. The molecule has 24 heavy (non-hydrogen) atoms. The summed E-state index contributed by atoms with van der Waals surface area (Å²) < 4.78 is 5.71. The van der Waals surface area contributed by atoms with Crippen molar-refractivity contribution >= 4 is 5.91 Å². The van der Waals surface area contributed by atoms with Gasteiger partial charge in [0.2, 0.25) is 0 Å². The molecule has 1 N–H and O–H groups in total. The van der Waals surface area contributed by atoms with Gasteiger partial charge in [0.25, 0.3) is 5.91 Å². The van der Waals surface area contributed by atoms with Crippen LogP contribution in [0.25, 0.3) is 11.1 Å². The number of likely N-dealkylation sites (tertiary alicyclic amines) is 1. The lowest BCUT2D eigenvalue weighted by molar-refractivity contribution is -0.169. The zero-order chi connectivity index (χ0) is 16.6. The molecule has 2 saturated heterocycles. The molecule has 1 aromatic heterocycles. The molecular weight excluding hydrogens is 306 g/mol. The first kappa shape index (κ1) is 15.1. The lowest BCUT2D eigenvalue weighted by Gasteiger charge is -2.47. The second-order valence-electron chi connectivity index (χ2n) is 6.46. The van der Waals surface area contributed by atoms with E-state index in [0.717, 1.165) is 50.1 Å². The van der Waals surface area contributed by atoms with Crippen molar-refractivity contribution in [3.8, 4) is 11.1 Å². The van der Waals surface area contributed by atoms with Crippen molar-refractivity contribution in [1.29, 1.82) is 0 Å². The van der Waals surface area contributed by atoms with E-state index in [1.807, 2.05) is 29.2 Å². The molecule has 1 amide bonds. The van der Waals surface area contributed by atoms with Crippen LogP contribution in [0, 0.1) is 0 Å². The van der Waals surface area contributed by atoms with Crippen molar-refractivity contribution in [3.63, 3.8) is 0 Å². The molecule has 2 aromatic rings. The van der Waals surface area contributed by atoms with Gasteiger partial charge in [0, 0.05) is 36.6 Å². The van der Waals surface area contributed by atoms with Crippen molar-refractivity contribution in [2.24, 2.45) is 0 Å². The average Bonchev–Trinajstić information content (AvgIpc) is 2.61. The van der Waals surface area contributed by atoms with Gasteiger partial charge in [0.15, 0.2) is 0 Å². The summed E-state index contributed by atoms with van der Waals surface area (Å²) >= 11 is 0. The van der Waals surface area contributed by atoms with Crippen molar-refractivity contribution in [2.75, 3.05) is 19.7 Å². The first-order chi connectivity index (χ1) is 11.7. The number of piperidine rings is 1. The topological polar surface area (TPSA) is 75.3 Å². The molecule has 3 heterocycles. The van der Waals surface area contributed by atoms with Crippen LogP contribution in [-0.2, 0) is 4.74 Å². The van der Waals surface area contributed by atoms with Gasteiger partial charge in [0.1, 0.15) is 0 Å². The summed E-state index contributed by atoms with van der Waals surface area (Å²) in [4.78, 5) is 32.0. The molecule has 2 fully saturated rings. The number of nitrogens with one attached hydrogen (secondary N) is 1. The monoisotopic (exact) mass is 325 g/mol. The molecule has 0 atom stereocenters. The molecule has 4 rings (SSSR count). The molecule has 0 saturated carbocycles. The number of H-pyrrole nitrogens is 1. The van der Waals surface area contributed by atoms with Crippen molar-refractivity contribution in [1.82, 2.24) is 14.9 Å². The third kappa shape index (κ3) is 2.73. The van der Waals surface area contributed by atoms with E-state index in [2.05, 4.69) is 9.97 Å². The van der Waals surface area contributed by atoms with E-state index in [1.165, 1.54) is 6.20 Å². The van der Waals surface area contributed by atoms with Gasteiger partial charge >= 0.3 is 5.69 Å². The highest BCUT2D eigenvalue weighted by molar-refractivity contribution is 5.95. The summed E-state index contributed by atoms with van der Waals surface area (Å²) in [5, 5.41) is 0. The summed E-state index contributed by atoms with van der Waals surface area (Å²) in [6.45, 7) is 2.33. The highest BCUT2D eigenvalue weighted by Crippen LogP contribution is 2.37. The standard InChI is InChI=1S/C18H19N3O3/c22-16(21-7-4-18(5-8-21)6-9-24-18)14-3-1-2-13(10-14)15-11-19-17(23)20-12-15/h1-3,10-12H,4-9H2,(H,19,20,23). The molecule has 0 aliphatic carbocycles. The molecule has 1 aromatic carbocycles. The maximum Gasteiger partial charge on any atom is 0.344 e. The predicted molar refractivity (Wildman–Crippen MR) is 88.7 cm³/mol. The van der Waals surface area contributed by atoms with E-state index < -0.39 is 0 Å². The van der Waals surface area contributed by atoms with Gasteiger partial charge in [-0.15, -0.1) is 0 Å². The van der Waals surface area contributed by atoms with E-state index in [-0.39, 0.29) is 17.2 Å². The molecule has 6 nitrogen and oxygen atoms in total. The third-order valence-corrected chi connectivity index (χ3v) is 5.04. The van der Waals surface area contributed by atoms with E-state index in [0.29, 0.717) is 5.56 Å². The van der Waals surface area contributed by atoms with Crippen LogP contribution in [0.4, 0.5) is 0 Å². The Morgan fingerprint density at radius 3 is 2.62 bits per heavy atom. The first-order valence-electron chi connectivity index (χ1n) is 8.24. The number of hydrogen-bond donors (Lipinski definition) is 1. The lowest BCUT2D eigenvalue weighted by Crippen LogP contribution is -2.53. The lowest BCUT2D eigenvalue weighted by atomic mass is 9.84. The van der Waals surface area contributed by atoms with Gasteiger partial charge in [-0.3, -0.25) is 4.79 Å². The number of aromatic amines is 1. The SMILES string of the molecule is O=C(c1cccc(-c2cnc(=O)[nH]c2)c1)N1CCC2(CCO2)CC1. The Morgan fingerprint density at radius 1 is 1.21 bits per heavy atom. The van der Waals surface area contributed by atoms with Crippen LogP contribution < -0.4 is 5.69 Å². The molecule has 1 spiro atoms. The molecular formula is C18H19N3O3. The van der Waals surface area contributed by atoms with E-state index in [4.69, 9.17) is 4.74 Å². The van der Waals surface area contributed by atoms with Gasteiger partial charge in [-0.1, -0.05) is 12.1 Å². The maximum absolute atomic E-state index is 12.8. The molecule has 0 radical (unpaired) electrons. The number of ether oxygens (including phenoxy) is 1. The number of rotatable bonds is 2. The summed E-state index contributed by atoms with van der Waals surface area (Å²) in [5.74, 6) is 0.0448. The van der Waals surface area contributed by atoms with Crippen LogP contribution in [0.5, 0.6) is 0 Å². The summed E-state index contributed by atoms with van der Waals surface area (Å²) in [7, 11) is 0. The van der Waals surface area contributed by atoms with E-state index >= 15 is 0 Å². The number of aromatic nitrogens is 2. The van der Waals surface area contributed by atoms with Crippen LogP contribution in [0.15, 0.2) is 41.5 Å². The van der Waals surface area contributed by atoms with Crippen molar-refractivity contribution < 1.29 is 9.53 Å². The van der Waals surface area contributed by atoms with Crippen LogP contribution in [0.3, 0.4) is 0 Å². The number of carbonyl (C=O) groups excluding carboxylic acids is 1. The van der Waals surface area contributed by atoms with Crippen LogP contribution in [0.2, 0.25) is 0 Å². The second kappa shape index (κ2) is 5.87. The Morgan fingerprint density at radius 2 is 2.00 bits per heavy atom. The van der Waals surface area contributed by atoms with E-state index in [1.54, 1.807) is 6.20 Å². The summed E-state index contributed by atoms with van der Waals surface area (Å²) in [6.07, 6.45) is 6.08. The average molecular weight is 325 g/mol. The highest BCUT2D eigenvalue weighted by Gasteiger charge is 2.41. The van der Waals surface area contributed by atoms with Crippen molar-refractivity contribution in [2.45, 2.75) is 24.9 Å². The predicted octanol–water partition coefficient (Wildman–Crippen LogP) is 1.83. The number of hydrogen-bond acceptors (Lipinski definition) is 4. The fourth-order valence-electron chi connectivity index (χ4n) is 3.42. The smallest absolute Gasteiger partial charge is 0.344 e. The minimum atomic E-state index is -0.383. The number of benzene rings is 1. The Kier molecular flexibility index (Phi) is 3.69. The zero-order valence-corrected chi connectivity index (χ0v) is 13.3. The Labute approximate surface area is 139 Å². The Bertz CT molecular complexity index is 796. The van der Waals surface area contributed by atoms with Gasteiger partial charge in [-0.05, 0) is 37.0 Å². The zero-order valence-electron chi connectivity index (χ0n) is 13.3. The second-order valence-corrected chi connectivity index (χ2v) is 6.46. The van der Waals surface area contributed by atoms with Crippen LogP contribution >= 0.6 is 0 Å². The van der Waals surface area contributed by atoms with Crippen molar-refractivity contribution in [3.05, 3.63) is 52.7 Å². The van der Waals surface area contributed by atoms with Gasteiger partial charge < -0.3 is 14.6 Å². The van der Waals surface area contributed by atoms with Gasteiger partial charge in [-0.25, -0.2) is 9.78 Å². The largest absolute Gasteiger partial charge is 0.375 e. The van der Waals surface area contributed by atoms with Gasteiger partial charge in [0.05, 0.1) is 12.2 Å². The molecule has 124 valence electrons. The fourth-order valence-corrected chi connectivity index (χ4v) is 3.42. The van der Waals surface area contributed by atoms with Crippen LogP contribution in [0.1, 0.15) is 29.6 Å². The van der Waals surface area contributed by atoms with E-state index in [9.17, 15) is 9.59 Å². The molecule has 2 aliphatic rings. The normalized spacial score (nSPS) is 19.1. The van der Waals surface area contributed by atoms with Gasteiger partial charge in [-0.2, -0.15) is 0 Å². The van der Waals surface area contributed by atoms with Crippen LogP contribution in [-0.4, -0.2) is 46.1 Å². The third-order valence-electron chi connectivity index (χ3n) is 5.04. The molecule has 6 heteroatoms. The quantitative estimate of drug-likeness (QED) is 0.914. The first-order valence-corrected chi connectivity index (χ1v) is 8.24. The Balaban J connectivity index is 1.51. The Hall–Kier alpha value is -2.47. The summed E-state index contributed by atoms with van der Waals surface area (Å²) in [5.41, 5.74) is 1.96. The fraction of sp³-hybridized carbons (Fsp3) is 0.389. The number of carbonyl (C=O) groups is 1.